The van der Waals surface area contributed by atoms with Crippen LogP contribution in [0, 0.1) is 0 Å². The highest BCUT2D eigenvalue weighted by Gasteiger charge is 2.29. The zero-order valence-electron chi connectivity index (χ0n) is 11.5. The van der Waals surface area contributed by atoms with Crippen molar-refractivity contribution in [3.63, 3.8) is 0 Å². The van der Waals surface area contributed by atoms with Crippen molar-refractivity contribution in [3.05, 3.63) is 0 Å². The molecule has 0 amide bonds. The molecule has 1 rings (SSSR count). The molecule has 1 aliphatic heterocycles. The van der Waals surface area contributed by atoms with Crippen LogP contribution in [0.25, 0.3) is 0 Å². The van der Waals surface area contributed by atoms with E-state index in [0.29, 0.717) is 10.5 Å². The van der Waals surface area contributed by atoms with Gasteiger partial charge in [0.15, 0.2) is 0 Å². The lowest BCUT2D eigenvalue weighted by Gasteiger charge is -2.33. The number of thioether (sulfide) groups is 2. The van der Waals surface area contributed by atoms with Gasteiger partial charge in [-0.1, -0.05) is 52.9 Å². The zero-order valence-corrected chi connectivity index (χ0v) is 13.2. The summed E-state index contributed by atoms with van der Waals surface area (Å²) in [5.41, 5.74) is 0. The summed E-state index contributed by atoms with van der Waals surface area (Å²) in [6.07, 6.45) is 7.40. The molecular formula is C14H28OS2. The van der Waals surface area contributed by atoms with E-state index in [9.17, 15) is 5.11 Å². The monoisotopic (exact) mass is 276 g/mol. The molecule has 0 bridgehead atoms. The van der Waals surface area contributed by atoms with Crippen LogP contribution in [0.4, 0.5) is 0 Å². The van der Waals surface area contributed by atoms with Gasteiger partial charge in [-0.15, -0.1) is 0 Å². The molecule has 1 N–H and O–H groups in total. The summed E-state index contributed by atoms with van der Waals surface area (Å²) in [5.74, 6) is 1.13. The van der Waals surface area contributed by atoms with Crippen molar-refractivity contribution >= 4 is 23.5 Å². The Hall–Kier alpha value is 0.660. The van der Waals surface area contributed by atoms with E-state index >= 15 is 0 Å². The maximum atomic E-state index is 10.2. The number of aliphatic hydroxyl groups is 1. The first-order valence-corrected chi connectivity index (χ1v) is 9.09. The maximum Gasteiger partial charge on any atom is 0.0666 e. The van der Waals surface area contributed by atoms with Gasteiger partial charge in [0, 0.05) is 21.5 Å². The van der Waals surface area contributed by atoms with Gasteiger partial charge < -0.3 is 5.11 Å². The van der Waals surface area contributed by atoms with Crippen LogP contribution in [-0.4, -0.2) is 32.7 Å². The lowest BCUT2D eigenvalue weighted by atomic mass is 10.1. The number of unbranched alkanes of at least 4 members (excludes halogenated alkanes) is 4. The minimum atomic E-state index is -0.0796. The summed E-state index contributed by atoms with van der Waals surface area (Å²) in [6.45, 7) is 6.84. The molecule has 4 atom stereocenters. The standard InChI is InChI=1S/C14H28OS2/c1-4-5-6-7-8-9-13(15)14-10-16-11(2)12(3)17-14/h11-15H,4-10H2,1-3H3. The molecule has 0 aliphatic carbocycles. The molecule has 0 aromatic heterocycles. The van der Waals surface area contributed by atoms with Crippen molar-refractivity contribution in [2.75, 3.05) is 5.75 Å². The Kier molecular flexibility index (Phi) is 8.05. The van der Waals surface area contributed by atoms with E-state index < -0.39 is 0 Å². The second kappa shape index (κ2) is 8.71. The molecule has 0 aromatic carbocycles. The quantitative estimate of drug-likeness (QED) is 0.699. The molecule has 0 aromatic rings. The summed E-state index contributed by atoms with van der Waals surface area (Å²) >= 11 is 4.03. The van der Waals surface area contributed by atoms with Crippen LogP contribution >= 0.6 is 23.5 Å². The van der Waals surface area contributed by atoms with Crippen molar-refractivity contribution < 1.29 is 5.11 Å². The van der Waals surface area contributed by atoms with Gasteiger partial charge in [0.05, 0.1) is 6.10 Å². The Morgan fingerprint density at radius 2 is 1.82 bits per heavy atom. The van der Waals surface area contributed by atoms with E-state index in [1.54, 1.807) is 0 Å². The van der Waals surface area contributed by atoms with Crippen molar-refractivity contribution in [3.8, 4) is 0 Å². The maximum absolute atomic E-state index is 10.2. The van der Waals surface area contributed by atoms with Gasteiger partial charge in [0.2, 0.25) is 0 Å². The third-order valence-electron chi connectivity index (χ3n) is 3.61. The van der Waals surface area contributed by atoms with Crippen LogP contribution in [-0.2, 0) is 0 Å². The fraction of sp³-hybridized carbons (Fsp3) is 1.00. The largest absolute Gasteiger partial charge is 0.392 e. The Bertz CT molecular complexity index is 199. The number of hydrogen-bond donors (Lipinski definition) is 1. The number of aliphatic hydroxyl groups excluding tert-OH is 1. The summed E-state index contributed by atoms with van der Waals surface area (Å²) in [4.78, 5) is 0. The third-order valence-corrected chi connectivity index (χ3v) is 7.14. The van der Waals surface area contributed by atoms with Gasteiger partial charge in [-0.25, -0.2) is 0 Å². The summed E-state index contributed by atoms with van der Waals surface area (Å²) < 4.78 is 0. The van der Waals surface area contributed by atoms with E-state index in [4.69, 9.17) is 0 Å². The van der Waals surface area contributed by atoms with Gasteiger partial charge in [-0.3, -0.25) is 0 Å². The summed E-state index contributed by atoms with van der Waals surface area (Å²) in [6, 6.07) is 0. The Morgan fingerprint density at radius 3 is 2.47 bits per heavy atom. The molecule has 0 spiro atoms. The second-order valence-corrected chi connectivity index (χ2v) is 8.22. The molecule has 1 fully saturated rings. The SMILES string of the molecule is CCCCCCCC(O)C1CSC(C)C(C)S1. The highest BCUT2D eigenvalue weighted by atomic mass is 32.2. The van der Waals surface area contributed by atoms with Crippen molar-refractivity contribution in [2.24, 2.45) is 0 Å². The topological polar surface area (TPSA) is 20.2 Å². The predicted molar refractivity (Wildman–Crippen MR) is 82.1 cm³/mol. The first-order chi connectivity index (χ1) is 8.15. The molecule has 4 unspecified atom stereocenters. The molecule has 1 aliphatic rings. The second-order valence-electron chi connectivity index (χ2n) is 5.19. The van der Waals surface area contributed by atoms with Gasteiger partial charge >= 0.3 is 0 Å². The molecule has 3 heteroatoms. The fourth-order valence-electron chi connectivity index (χ4n) is 2.15. The molecule has 1 heterocycles. The van der Waals surface area contributed by atoms with Gasteiger partial charge in [0.1, 0.15) is 0 Å². The minimum absolute atomic E-state index is 0.0796. The van der Waals surface area contributed by atoms with Gasteiger partial charge in [-0.05, 0) is 6.42 Å². The third kappa shape index (κ3) is 5.89. The average Bonchev–Trinajstić information content (AvgIpc) is 2.32. The Balaban J connectivity index is 2.12. The zero-order chi connectivity index (χ0) is 12.7. The van der Waals surface area contributed by atoms with Crippen LogP contribution < -0.4 is 0 Å². The molecule has 17 heavy (non-hydrogen) atoms. The number of hydrogen-bond acceptors (Lipinski definition) is 3. The van der Waals surface area contributed by atoms with Crippen LogP contribution in [0.15, 0.2) is 0 Å². The lowest BCUT2D eigenvalue weighted by molar-refractivity contribution is 0.162. The minimum Gasteiger partial charge on any atom is -0.392 e. The van der Waals surface area contributed by atoms with Crippen molar-refractivity contribution in [1.82, 2.24) is 0 Å². The highest BCUT2D eigenvalue weighted by Crippen LogP contribution is 2.37. The van der Waals surface area contributed by atoms with E-state index in [1.807, 2.05) is 23.5 Å². The molecule has 0 saturated carbocycles. The van der Waals surface area contributed by atoms with Crippen LogP contribution in [0.3, 0.4) is 0 Å². The summed E-state index contributed by atoms with van der Waals surface area (Å²) in [7, 11) is 0. The van der Waals surface area contributed by atoms with Crippen LogP contribution in [0.5, 0.6) is 0 Å². The predicted octanol–water partition coefficient (Wildman–Crippen LogP) is 4.33. The van der Waals surface area contributed by atoms with E-state index in [1.165, 1.54) is 32.1 Å². The van der Waals surface area contributed by atoms with Crippen LogP contribution in [0.1, 0.15) is 59.3 Å². The van der Waals surface area contributed by atoms with Gasteiger partial charge in [-0.2, -0.15) is 23.5 Å². The molecular weight excluding hydrogens is 248 g/mol. The van der Waals surface area contributed by atoms with Crippen molar-refractivity contribution in [1.29, 1.82) is 0 Å². The van der Waals surface area contributed by atoms with Crippen LogP contribution in [0.2, 0.25) is 0 Å². The lowest BCUT2D eigenvalue weighted by Crippen LogP contribution is -2.34. The smallest absolute Gasteiger partial charge is 0.0666 e. The molecule has 1 nitrogen and oxygen atoms in total. The average molecular weight is 277 g/mol. The first kappa shape index (κ1) is 15.7. The normalized spacial score (nSPS) is 31.4. The van der Waals surface area contributed by atoms with Gasteiger partial charge in [0.25, 0.3) is 0 Å². The first-order valence-electron chi connectivity index (χ1n) is 7.10. The molecule has 0 radical (unpaired) electrons. The Morgan fingerprint density at radius 1 is 1.12 bits per heavy atom. The van der Waals surface area contributed by atoms with E-state index in [0.717, 1.165) is 17.4 Å². The molecule has 102 valence electrons. The number of rotatable bonds is 7. The van der Waals surface area contributed by atoms with E-state index in [2.05, 4.69) is 20.8 Å². The Labute approximate surface area is 116 Å². The van der Waals surface area contributed by atoms with Crippen molar-refractivity contribution in [2.45, 2.75) is 81.1 Å². The summed E-state index contributed by atoms with van der Waals surface area (Å²) in [5, 5.41) is 12.1. The fourth-order valence-corrected chi connectivity index (χ4v) is 5.21. The van der Waals surface area contributed by atoms with E-state index in [-0.39, 0.29) is 6.10 Å². The molecule has 1 saturated heterocycles. The highest BCUT2D eigenvalue weighted by molar-refractivity contribution is 8.07.